The van der Waals surface area contributed by atoms with Crippen LogP contribution in [-0.2, 0) is 0 Å². The molecule has 0 saturated carbocycles. The predicted octanol–water partition coefficient (Wildman–Crippen LogP) is 13.0. The smallest absolute Gasteiger partial charge is 0.164 e. The maximum atomic E-state index is 6.95. The lowest BCUT2D eigenvalue weighted by atomic mass is 10.0. The number of hydrogen-bond acceptors (Lipinski definition) is 4. The van der Waals surface area contributed by atoms with Crippen LogP contribution in [0.1, 0.15) is 0 Å². The fraction of sp³-hybridized carbons (Fsp3) is 0. The largest absolute Gasteiger partial charge is 0.455 e. The van der Waals surface area contributed by atoms with Gasteiger partial charge in [0.15, 0.2) is 17.5 Å². The molecule has 4 heterocycles. The first kappa shape index (κ1) is 31.5. The van der Waals surface area contributed by atoms with Crippen LogP contribution in [0, 0.1) is 0 Å². The Hall–Kier alpha value is -7.83. The molecule has 0 radical (unpaired) electrons. The minimum absolute atomic E-state index is 0.605. The van der Waals surface area contributed by atoms with Crippen LogP contribution in [0.5, 0.6) is 0 Å². The number of fused-ring (bicyclic) bond motifs is 12. The standard InChI is InChI=1S/C51H31N5O/c1-4-17-32(18-5-1)49-52-50(33-19-6-2-7-20-33)54-51(53-49)34-21-16-24-36(31-34)56-41-29-14-11-26-38(41)45-47(56)46-43(44-39-27-12-15-30-42(39)57-48(44)45)37-25-10-13-28-40(37)55(46)35-22-8-3-9-23-35/h1-31H. The molecule has 0 aliphatic carbocycles. The van der Waals surface area contributed by atoms with Crippen LogP contribution in [0.3, 0.4) is 0 Å². The van der Waals surface area contributed by atoms with E-state index in [1.54, 1.807) is 0 Å². The number of nitrogens with zero attached hydrogens (tertiary/aromatic N) is 5. The molecule has 8 aromatic carbocycles. The van der Waals surface area contributed by atoms with Crippen LogP contribution in [0.2, 0.25) is 0 Å². The molecule has 57 heavy (non-hydrogen) atoms. The Morgan fingerprint density at radius 2 is 0.807 bits per heavy atom. The molecule has 0 fully saturated rings. The van der Waals surface area contributed by atoms with Crippen LogP contribution in [-0.4, -0.2) is 24.1 Å². The minimum Gasteiger partial charge on any atom is -0.455 e. The number of furan rings is 1. The normalized spacial score (nSPS) is 11.9. The molecular weight excluding hydrogens is 699 g/mol. The Morgan fingerprint density at radius 3 is 1.46 bits per heavy atom. The van der Waals surface area contributed by atoms with Crippen molar-refractivity contribution in [1.29, 1.82) is 0 Å². The molecule has 0 aliphatic heterocycles. The van der Waals surface area contributed by atoms with E-state index in [2.05, 4.69) is 137 Å². The van der Waals surface area contributed by atoms with Crippen LogP contribution >= 0.6 is 0 Å². The summed E-state index contributed by atoms with van der Waals surface area (Å²) in [6, 6.07) is 65.3. The Kier molecular flexibility index (Phi) is 6.83. The number of para-hydroxylation sites is 4. The van der Waals surface area contributed by atoms with Gasteiger partial charge in [0.05, 0.1) is 27.5 Å². The van der Waals surface area contributed by atoms with Gasteiger partial charge in [0.25, 0.3) is 0 Å². The van der Waals surface area contributed by atoms with Crippen molar-refractivity contribution < 1.29 is 4.42 Å². The summed E-state index contributed by atoms with van der Waals surface area (Å²) in [6.45, 7) is 0. The van der Waals surface area contributed by atoms with Gasteiger partial charge >= 0.3 is 0 Å². The number of aromatic nitrogens is 5. The molecule has 0 spiro atoms. The second-order valence-electron chi connectivity index (χ2n) is 14.4. The van der Waals surface area contributed by atoms with Gasteiger partial charge < -0.3 is 13.6 Å². The summed E-state index contributed by atoms with van der Waals surface area (Å²) in [4.78, 5) is 15.1. The highest BCUT2D eigenvalue weighted by Crippen LogP contribution is 2.49. The Balaban J connectivity index is 1.22. The Bertz CT molecular complexity index is 3450. The third-order valence-electron chi connectivity index (χ3n) is 11.1. The van der Waals surface area contributed by atoms with Crippen molar-refractivity contribution in [1.82, 2.24) is 24.1 Å². The lowest BCUT2D eigenvalue weighted by Gasteiger charge is -2.14. The van der Waals surface area contributed by atoms with Crippen molar-refractivity contribution in [2.24, 2.45) is 0 Å². The average molecular weight is 730 g/mol. The van der Waals surface area contributed by atoms with Gasteiger partial charge in [0.2, 0.25) is 0 Å². The molecule has 6 heteroatoms. The quantitative estimate of drug-likeness (QED) is 0.177. The summed E-state index contributed by atoms with van der Waals surface area (Å²) in [5.41, 5.74) is 11.0. The highest BCUT2D eigenvalue weighted by atomic mass is 16.3. The van der Waals surface area contributed by atoms with E-state index in [0.717, 1.165) is 82.8 Å². The van der Waals surface area contributed by atoms with E-state index in [-0.39, 0.29) is 0 Å². The first-order valence-corrected chi connectivity index (χ1v) is 19.1. The Morgan fingerprint density at radius 1 is 0.351 bits per heavy atom. The van der Waals surface area contributed by atoms with Crippen molar-refractivity contribution in [3.8, 4) is 45.5 Å². The van der Waals surface area contributed by atoms with E-state index in [4.69, 9.17) is 19.4 Å². The molecule has 0 N–H and O–H groups in total. The first-order chi connectivity index (χ1) is 28.3. The summed E-state index contributed by atoms with van der Waals surface area (Å²) in [5.74, 6) is 1.86. The fourth-order valence-electron chi connectivity index (χ4n) is 8.72. The first-order valence-electron chi connectivity index (χ1n) is 19.1. The molecule has 0 unspecified atom stereocenters. The minimum atomic E-state index is 0.605. The van der Waals surface area contributed by atoms with E-state index >= 15 is 0 Å². The summed E-state index contributed by atoms with van der Waals surface area (Å²) in [5, 5.41) is 6.77. The molecule has 266 valence electrons. The third-order valence-corrected chi connectivity index (χ3v) is 11.1. The molecule has 6 nitrogen and oxygen atoms in total. The molecule has 12 rings (SSSR count). The SMILES string of the molecule is c1ccc(-c2nc(-c3ccccc3)nc(-c3cccc(-n4c5ccccc5c5c6oc7ccccc7c6c6c7ccccc7n(-c7ccccc7)c6c54)c3)n2)cc1. The summed E-state index contributed by atoms with van der Waals surface area (Å²) in [7, 11) is 0. The molecule has 0 amide bonds. The lowest BCUT2D eigenvalue weighted by molar-refractivity contribution is 0.673. The number of benzene rings is 8. The van der Waals surface area contributed by atoms with Gasteiger partial charge in [-0.3, -0.25) is 0 Å². The van der Waals surface area contributed by atoms with Crippen molar-refractivity contribution in [3.63, 3.8) is 0 Å². The van der Waals surface area contributed by atoms with Gasteiger partial charge in [-0.05, 0) is 42.5 Å². The maximum Gasteiger partial charge on any atom is 0.164 e. The fourth-order valence-corrected chi connectivity index (χ4v) is 8.72. The highest BCUT2D eigenvalue weighted by molar-refractivity contribution is 6.39. The van der Waals surface area contributed by atoms with Gasteiger partial charge in [0, 0.05) is 55.0 Å². The van der Waals surface area contributed by atoms with Crippen molar-refractivity contribution in [2.75, 3.05) is 0 Å². The maximum absolute atomic E-state index is 6.95. The van der Waals surface area contributed by atoms with E-state index in [9.17, 15) is 0 Å². The van der Waals surface area contributed by atoms with E-state index < -0.39 is 0 Å². The second-order valence-corrected chi connectivity index (χ2v) is 14.4. The van der Waals surface area contributed by atoms with Gasteiger partial charge in [-0.1, -0.05) is 146 Å². The molecule has 12 aromatic rings. The van der Waals surface area contributed by atoms with Crippen molar-refractivity contribution in [2.45, 2.75) is 0 Å². The monoisotopic (exact) mass is 729 g/mol. The average Bonchev–Trinajstić information content (AvgIpc) is 3.95. The summed E-state index contributed by atoms with van der Waals surface area (Å²) in [6.07, 6.45) is 0. The molecular formula is C51H31N5O. The van der Waals surface area contributed by atoms with Crippen LogP contribution in [0.15, 0.2) is 192 Å². The zero-order valence-electron chi connectivity index (χ0n) is 30.5. The second kappa shape index (κ2) is 12.3. The van der Waals surface area contributed by atoms with Gasteiger partial charge in [-0.15, -0.1) is 0 Å². The number of rotatable bonds is 5. The number of hydrogen-bond donors (Lipinski definition) is 0. The third kappa shape index (κ3) is 4.74. The van der Waals surface area contributed by atoms with Crippen LogP contribution in [0.25, 0.3) is 111 Å². The molecule has 0 saturated heterocycles. The molecule has 0 bridgehead atoms. The van der Waals surface area contributed by atoms with E-state index in [0.29, 0.717) is 17.5 Å². The van der Waals surface area contributed by atoms with Gasteiger partial charge in [-0.25, -0.2) is 15.0 Å². The van der Waals surface area contributed by atoms with Gasteiger partial charge in [0.1, 0.15) is 11.2 Å². The van der Waals surface area contributed by atoms with Crippen molar-refractivity contribution >= 4 is 65.6 Å². The lowest BCUT2D eigenvalue weighted by Crippen LogP contribution is -2.01. The molecule has 0 atom stereocenters. The molecule has 4 aromatic heterocycles. The summed E-state index contributed by atoms with van der Waals surface area (Å²) < 4.78 is 11.8. The zero-order chi connectivity index (χ0) is 37.5. The summed E-state index contributed by atoms with van der Waals surface area (Å²) >= 11 is 0. The van der Waals surface area contributed by atoms with Crippen LogP contribution < -0.4 is 0 Å². The zero-order valence-corrected chi connectivity index (χ0v) is 30.5. The topological polar surface area (TPSA) is 61.7 Å². The van der Waals surface area contributed by atoms with Crippen LogP contribution in [0.4, 0.5) is 0 Å². The highest BCUT2D eigenvalue weighted by Gasteiger charge is 2.28. The Labute approximate surface area is 326 Å². The molecule has 0 aliphatic rings. The van der Waals surface area contributed by atoms with E-state index in [1.807, 2.05) is 60.7 Å². The van der Waals surface area contributed by atoms with Gasteiger partial charge in [-0.2, -0.15) is 0 Å². The van der Waals surface area contributed by atoms with E-state index in [1.165, 1.54) is 10.8 Å². The van der Waals surface area contributed by atoms with Crippen molar-refractivity contribution in [3.05, 3.63) is 188 Å². The predicted molar refractivity (Wildman–Crippen MR) is 232 cm³/mol.